The van der Waals surface area contributed by atoms with Crippen molar-refractivity contribution in [2.75, 3.05) is 0 Å². The fraction of sp³-hybridized carbons (Fsp3) is 0.875. The molecule has 1 unspecified atom stereocenters. The molecular formula is C16H30N2O4. The number of nitrogens with two attached hydrogens (primary N) is 1. The lowest BCUT2D eigenvalue weighted by Gasteiger charge is -2.43. The maximum atomic E-state index is 12.1. The molecule has 6 nitrogen and oxygen atoms in total. The van der Waals surface area contributed by atoms with Gasteiger partial charge in [0.1, 0.15) is 5.60 Å². The Hall–Kier alpha value is -1.30. The largest absolute Gasteiger partial charge is 0.481 e. The number of amides is 1. The Morgan fingerprint density at radius 1 is 1.27 bits per heavy atom. The number of hydrogen-bond donors (Lipinski definition) is 3. The molecule has 1 aliphatic carbocycles. The summed E-state index contributed by atoms with van der Waals surface area (Å²) in [6.07, 6.45) is 1.70. The first-order chi connectivity index (χ1) is 9.98. The second kappa shape index (κ2) is 6.86. The standard InChI is InChI=1S/C16H30N2O4/c1-10(2)12(18-14(21)22-15(3,4)5)16(13(19)20)8-6-11(17)7-9-16/h10-12H,6-9,17H2,1-5H3,(H,18,21)(H,19,20). The van der Waals surface area contributed by atoms with E-state index < -0.39 is 29.1 Å². The number of hydrogen-bond acceptors (Lipinski definition) is 4. The molecule has 0 aliphatic heterocycles. The molecule has 22 heavy (non-hydrogen) atoms. The Morgan fingerprint density at radius 3 is 2.14 bits per heavy atom. The number of rotatable bonds is 4. The fourth-order valence-corrected chi connectivity index (χ4v) is 3.19. The Kier molecular flexibility index (Phi) is 5.84. The van der Waals surface area contributed by atoms with E-state index in [1.807, 2.05) is 13.8 Å². The number of carbonyl (C=O) groups excluding carboxylic acids is 1. The molecule has 6 heteroatoms. The van der Waals surface area contributed by atoms with E-state index in [0.29, 0.717) is 25.7 Å². The van der Waals surface area contributed by atoms with Crippen LogP contribution < -0.4 is 11.1 Å². The molecule has 0 bridgehead atoms. The Bertz CT molecular complexity index is 407. The second-order valence-electron chi connectivity index (χ2n) is 7.67. The van der Waals surface area contributed by atoms with Gasteiger partial charge in [-0.3, -0.25) is 4.79 Å². The van der Waals surface area contributed by atoms with Gasteiger partial charge in [0, 0.05) is 6.04 Å². The number of aliphatic carboxylic acids is 1. The number of alkyl carbamates (subject to hydrolysis) is 1. The maximum absolute atomic E-state index is 12.1. The maximum Gasteiger partial charge on any atom is 0.407 e. The predicted molar refractivity (Wildman–Crippen MR) is 84.5 cm³/mol. The normalized spacial score (nSPS) is 27.3. The summed E-state index contributed by atoms with van der Waals surface area (Å²) in [5.41, 5.74) is 4.33. The van der Waals surface area contributed by atoms with Gasteiger partial charge in [0.15, 0.2) is 0 Å². The van der Waals surface area contributed by atoms with Crippen LogP contribution in [0.1, 0.15) is 60.3 Å². The van der Waals surface area contributed by atoms with Crippen LogP contribution in [0.25, 0.3) is 0 Å². The first kappa shape index (κ1) is 18.7. The lowest BCUT2D eigenvalue weighted by atomic mass is 9.65. The van der Waals surface area contributed by atoms with Crippen LogP contribution in [0.15, 0.2) is 0 Å². The lowest BCUT2D eigenvalue weighted by Crippen LogP contribution is -2.57. The van der Waals surface area contributed by atoms with Crippen molar-refractivity contribution in [1.82, 2.24) is 5.32 Å². The van der Waals surface area contributed by atoms with E-state index >= 15 is 0 Å². The molecule has 1 aliphatic rings. The third-order valence-corrected chi connectivity index (χ3v) is 4.28. The molecule has 0 spiro atoms. The van der Waals surface area contributed by atoms with Gasteiger partial charge < -0.3 is 20.9 Å². The number of carboxylic acid groups (broad SMARTS) is 1. The highest BCUT2D eigenvalue weighted by atomic mass is 16.6. The van der Waals surface area contributed by atoms with Crippen LogP contribution in [0, 0.1) is 11.3 Å². The molecule has 0 heterocycles. The highest BCUT2D eigenvalue weighted by Gasteiger charge is 2.49. The Morgan fingerprint density at radius 2 is 1.77 bits per heavy atom. The van der Waals surface area contributed by atoms with Gasteiger partial charge in [-0.15, -0.1) is 0 Å². The van der Waals surface area contributed by atoms with Crippen LogP contribution in [0.3, 0.4) is 0 Å². The van der Waals surface area contributed by atoms with Crippen molar-refractivity contribution in [3.05, 3.63) is 0 Å². The zero-order valence-electron chi connectivity index (χ0n) is 14.3. The zero-order chi connectivity index (χ0) is 17.1. The van der Waals surface area contributed by atoms with Crippen molar-refractivity contribution in [1.29, 1.82) is 0 Å². The van der Waals surface area contributed by atoms with Gasteiger partial charge in [0.05, 0.1) is 11.5 Å². The van der Waals surface area contributed by atoms with Crippen molar-refractivity contribution < 1.29 is 19.4 Å². The fourth-order valence-electron chi connectivity index (χ4n) is 3.19. The molecule has 1 atom stereocenters. The van der Waals surface area contributed by atoms with Gasteiger partial charge in [-0.05, 0) is 52.4 Å². The average Bonchev–Trinajstić information content (AvgIpc) is 2.34. The number of carboxylic acids is 1. The highest BCUT2D eigenvalue weighted by molar-refractivity contribution is 5.77. The average molecular weight is 314 g/mol. The van der Waals surface area contributed by atoms with E-state index in [0.717, 1.165) is 0 Å². The van der Waals surface area contributed by atoms with E-state index in [1.54, 1.807) is 20.8 Å². The summed E-state index contributed by atoms with van der Waals surface area (Å²) < 4.78 is 5.29. The summed E-state index contributed by atoms with van der Waals surface area (Å²) in [7, 11) is 0. The topological polar surface area (TPSA) is 102 Å². The van der Waals surface area contributed by atoms with E-state index in [9.17, 15) is 14.7 Å². The third kappa shape index (κ3) is 4.60. The van der Waals surface area contributed by atoms with Crippen LogP contribution >= 0.6 is 0 Å². The van der Waals surface area contributed by atoms with Gasteiger partial charge in [-0.1, -0.05) is 13.8 Å². The van der Waals surface area contributed by atoms with Gasteiger partial charge in [-0.25, -0.2) is 4.79 Å². The van der Waals surface area contributed by atoms with Gasteiger partial charge >= 0.3 is 12.1 Å². The first-order valence-corrected chi connectivity index (χ1v) is 7.96. The molecule has 4 N–H and O–H groups in total. The van der Waals surface area contributed by atoms with Gasteiger partial charge in [0.25, 0.3) is 0 Å². The third-order valence-electron chi connectivity index (χ3n) is 4.28. The van der Waals surface area contributed by atoms with Gasteiger partial charge in [-0.2, -0.15) is 0 Å². The molecule has 1 saturated carbocycles. The molecule has 1 fully saturated rings. The summed E-state index contributed by atoms with van der Waals surface area (Å²) in [5.74, 6) is -0.882. The summed E-state index contributed by atoms with van der Waals surface area (Å²) in [6.45, 7) is 9.18. The molecule has 1 amide bonds. The smallest absolute Gasteiger partial charge is 0.407 e. The predicted octanol–water partition coefficient (Wildman–Crippen LogP) is 2.51. The molecule has 0 saturated heterocycles. The lowest BCUT2D eigenvalue weighted by molar-refractivity contribution is -0.154. The highest BCUT2D eigenvalue weighted by Crippen LogP contribution is 2.41. The number of nitrogens with one attached hydrogen (secondary N) is 1. The molecule has 128 valence electrons. The minimum absolute atomic E-state index is 0.0158. The van der Waals surface area contributed by atoms with E-state index in [-0.39, 0.29) is 12.0 Å². The van der Waals surface area contributed by atoms with Gasteiger partial charge in [0.2, 0.25) is 0 Å². The van der Waals surface area contributed by atoms with Crippen molar-refractivity contribution in [3.8, 4) is 0 Å². The van der Waals surface area contributed by atoms with E-state index in [2.05, 4.69) is 5.32 Å². The molecule has 0 aromatic carbocycles. The Balaban J connectivity index is 2.96. The van der Waals surface area contributed by atoms with Crippen molar-refractivity contribution in [2.24, 2.45) is 17.1 Å². The summed E-state index contributed by atoms with van der Waals surface area (Å²) >= 11 is 0. The quantitative estimate of drug-likeness (QED) is 0.740. The SMILES string of the molecule is CC(C)C(NC(=O)OC(C)(C)C)C1(C(=O)O)CCC(N)CC1. The van der Waals surface area contributed by atoms with Crippen LogP contribution in [0.5, 0.6) is 0 Å². The minimum Gasteiger partial charge on any atom is -0.481 e. The summed E-state index contributed by atoms with van der Waals surface area (Å²) in [5, 5.41) is 12.6. The summed E-state index contributed by atoms with van der Waals surface area (Å²) in [4.78, 5) is 24.1. The van der Waals surface area contributed by atoms with Crippen molar-refractivity contribution in [3.63, 3.8) is 0 Å². The number of carbonyl (C=O) groups is 2. The van der Waals surface area contributed by atoms with E-state index in [4.69, 9.17) is 10.5 Å². The first-order valence-electron chi connectivity index (χ1n) is 7.96. The monoisotopic (exact) mass is 314 g/mol. The molecule has 1 rings (SSSR count). The van der Waals surface area contributed by atoms with Crippen LogP contribution in [0.2, 0.25) is 0 Å². The molecular weight excluding hydrogens is 284 g/mol. The Labute approximate surface area is 132 Å². The van der Waals surface area contributed by atoms with Crippen molar-refractivity contribution in [2.45, 2.75) is 78.0 Å². The molecule has 0 radical (unpaired) electrons. The minimum atomic E-state index is -0.971. The zero-order valence-corrected chi connectivity index (χ0v) is 14.3. The summed E-state index contributed by atoms with van der Waals surface area (Å²) in [6, 6.07) is -0.436. The van der Waals surface area contributed by atoms with E-state index in [1.165, 1.54) is 0 Å². The second-order valence-corrected chi connectivity index (χ2v) is 7.67. The molecule has 0 aromatic heterocycles. The van der Waals surface area contributed by atoms with Crippen molar-refractivity contribution >= 4 is 12.1 Å². The van der Waals surface area contributed by atoms with Crippen LogP contribution in [-0.4, -0.2) is 34.9 Å². The van der Waals surface area contributed by atoms with Crippen LogP contribution in [-0.2, 0) is 9.53 Å². The number of ether oxygens (including phenoxy) is 1. The van der Waals surface area contributed by atoms with Crippen LogP contribution in [0.4, 0.5) is 4.79 Å². The molecule has 0 aromatic rings.